The van der Waals surface area contributed by atoms with Crippen LogP contribution in [0.1, 0.15) is 17.8 Å². The molecule has 2 aromatic heterocycles. The number of aryl methyl sites for hydroxylation is 1. The van der Waals surface area contributed by atoms with Gasteiger partial charge in [0.05, 0.1) is 18.3 Å². The number of hydrogen-bond donors (Lipinski definition) is 1. The fourth-order valence-corrected chi connectivity index (χ4v) is 3.44. The second-order valence-corrected chi connectivity index (χ2v) is 7.14. The highest BCUT2D eigenvalue weighted by molar-refractivity contribution is 7.13. The first kappa shape index (κ1) is 17.1. The second-order valence-electron chi connectivity index (χ2n) is 5.63. The Morgan fingerprint density at radius 2 is 2.38 bits per heavy atom. The summed E-state index contributed by atoms with van der Waals surface area (Å²) >= 11 is 7.81. The minimum absolute atomic E-state index is 0.158. The van der Waals surface area contributed by atoms with Gasteiger partial charge in [0, 0.05) is 24.7 Å². The highest BCUT2D eigenvalue weighted by atomic mass is 35.5. The van der Waals surface area contributed by atoms with E-state index in [-0.39, 0.29) is 6.10 Å². The van der Waals surface area contributed by atoms with Crippen LogP contribution < -0.4 is 4.90 Å². The number of halogens is 1. The number of oxazole rings is 1. The molecule has 2 atom stereocenters. The van der Waals surface area contributed by atoms with Crippen LogP contribution in [-0.2, 0) is 4.87 Å². The van der Waals surface area contributed by atoms with Crippen molar-refractivity contribution in [1.82, 2.24) is 9.97 Å². The topological polar surface area (TPSA) is 87.1 Å². The first-order valence-corrected chi connectivity index (χ1v) is 8.78. The molecule has 2 aliphatic rings. The number of thiazole rings is 1. The summed E-state index contributed by atoms with van der Waals surface area (Å²) < 4.78 is 4.82. The monoisotopic (exact) mass is 367 g/mol. The van der Waals surface area contributed by atoms with Gasteiger partial charge in [0.15, 0.2) is 11.5 Å². The van der Waals surface area contributed by atoms with E-state index < -0.39 is 4.87 Å². The molecule has 0 radical (unpaired) electrons. The molecule has 24 heavy (non-hydrogen) atoms. The largest absolute Gasteiger partial charge is 0.451 e. The lowest BCUT2D eigenvalue weighted by atomic mass is 10.1. The van der Waals surface area contributed by atoms with Crippen LogP contribution in [-0.4, -0.2) is 53.4 Å². The number of aromatic nitrogens is 2. The normalized spacial score (nSPS) is 25.6. The number of aliphatic hydroxyl groups is 1. The second kappa shape index (κ2) is 7.42. The Kier molecular flexibility index (Phi) is 5.27. The summed E-state index contributed by atoms with van der Waals surface area (Å²) in [5.41, 5.74) is 1.71. The third kappa shape index (κ3) is 4.00. The Hall–Kier alpha value is -1.77. The minimum atomic E-state index is -0.720. The zero-order valence-electron chi connectivity index (χ0n) is 13.2. The Bertz CT molecular complexity index is 717. The quantitative estimate of drug-likeness (QED) is 0.822. The fraction of sp³-hybridized carbons (Fsp3) is 0.467. The van der Waals surface area contributed by atoms with Gasteiger partial charge in [-0.25, -0.2) is 15.0 Å². The van der Waals surface area contributed by atoms with Crippen LogP contribution in [0.4, 0.5) is 5.13 Å². The van der Waals surface area contributed by atoms with Crippen molar-refractivity contribution >= 4 is 40.6 Å². The van der Waals surface area contributed by atoms with Crippen LogP contribution in [0.15, 0.2) is 32.4 Å². The maximum absolute atomic E-state index is 9.30. The van der Waals surface area contributed by atoms with E-state index in [1.54, 1.807) is 17.6 Å². The van der Waals surface area contributed by atoms with Crippen molar-refractivity contribution in [2.45, 2.75) is 24.3 Å². The molecular weight excluding hydrogens is 350 g/mol. The molecule has 9 heteroatoms. The molecule has 2 unspecified atom stereocenters. The molecule has 2 aromatic rings. The molecule has 2 aliphatic heterocycles. The predicted molar refractivity (Wildman–Crippen MR) is 95.6 cm³/mol. The third-order valence-corrected chi connectivity index (χ3v) is 5.08. The van der Waals surface area contributed by atoms with Gasteiger partial charge in [-0.15, -0.1) is 22.9 Å². The van der Waals surface area contributed by atoms with Crippen molar-refractivity contribution in [3.63, 3.8) is 0 Å². The van der Waals surface area contributed by atoms with Gasteiger partial charge in [-0.2, -0.15) is 0 Å². The Labute approximate surface area is 148 Å². The van der Waals surface area contributed by atoms with Crippen molar-refractivity contribution in [2.75, 3.05) is 24.5 Å². The lowest BCUT2D eigenvalue weighted by Crippen LogP contribution is -2.27. The van der Waals surface area contributed by atoms with Gasteiger partial charge in [-0.1, -0.05) is 0 Å². The van der Waals surface area contributed by atoms with Gasteiger partial charge in [-0.3, -0.25) is 4.99 Å². The Morgan fingerprint density at radius 1 is 1.50 bits per heavy atom. The standard InChI is InChI=1S/C8H12N2OS.C7H6ClN3O/c1-6-5-12-8(9-6)10-3-2-7(11)4-10;8-7(2-9-4-10-3-7)6-1-12-5-11-6/h5,7,11H,2-4H2,1H3;1-2,4-5H,3H2. The molecule has 4 heterocycles. The summed E-state index contributed by atoms with van der Waals surface area (Å²) in [6.45, 7) is 4.12. The molecule has 0 saturated carbocycles. The van der Waals surface area contributed by atoms with E-state index in [2.05, 4.69) is 24.9 Å². The zero-order valence-corrected chi connectivity index (χ0v) is 14.7. The summed E-state index contributed by atoms with van der Waals surface area (Å²) in [6, 6.07) is 0. The van der Waals surface area contributed by atoms with Crippen LogP contribution in [0.2, 0.25) is 0 Å². The molecule has 0 amide bonds. The molecule has 0 aromatic carbocycles. The number of rotatable bonds is 2. The van der Waals surface area contributed by atoms with E-state index in [4.69, 9.17) is 16.0 Å². The van der Waals surface area contributed by atoms with Gasteiger partial charge in [0.2, 0.25) is 0 Å². The first-order chi connectivity index (χ1) is 11.6. The van der Waals surface area contributed by atoms with E-state index in [0.29, 0.717) is 12.2 Å². The van der Waals surface area contributed by atoms with Gasteiger partial charge < -0.3 is 14.4 Å². The van der Waals surface area contributed by atoms with Gasteiger partial charge in [0.1, 0.15) is 23.2 Å². The summed E-state index contributed by atoms with van der Waals surface area (Å²) in [5.74, 6) is 0. The number of anilines is 1. The predicted octanol–water partition coefficient (Wildman–Crippen LogP) is 2.24. The van der Waals surface area contributed by atoms with E-state index in [0.717, 1.165) is 30.3 Å². The summed E-state index contributed by atoms with van der Waals surface area (Å²) in [7, 11) is 0. The highest BCUT2D eigenvalue weighted by Gasteiger charge is 2.31. The third-order valence-electron chi connectivity index (χ3n) is 3.65. The van der Waals surface area contributed by atoms with Gasteiger partial charge >= 0.3 is 0 Å². The molecule has 1 N–H and O–H groups in total. The van der Waals surface area contributed by atoms with Crippen molar-refractivity contribution in [3.05, 3.63) is 29.4 Å². The first-order valence-electron chi connectivity index (χ1n) is 7.52. The molecule has 1 saturated heterocycles. The number of β-amino-alcohol motifs (C(OH)–C–C–N with tert-alkyl or cyclic N) is 1. The van der Waals surface area contributed by atoms with Crippen molar-refractivity contribution in [1.29, 1.82) is 0 Å². The summed E-state index contributed by atoms with van der Waals surface area (Å²) in [5, 5.41) is 12.4. The number of aliphatic hydroxyl groups excluding tert-OH is 1. The van der Waals surface area contributed by atoms with Gasteiger partial charge in [0.25, 0.3) is 0 Å². The Balaban J connectivity index is 0.000000141. The minimum Gasteiger partial charge on any atom is -0.451 e. The smallest absolute Gasteiger partial charge is 0.185 e. The molecule has 128 valence electrons. The van der Waals surface area contributed by atoms with Crippen LogP contribution in [0.3, 0.4) is 0 Å². The van der Waals surface area contributed by atoms with Crippen molar-refractivity contribution in [2.24, 2.45) is 9.98 Å². The summed E-state index contributed by atoms with van der Waals surface area (Å²) in [4.78, 5) is 17.5. The highest BCUT2D eigenvalue weighted by Crippen LogP contribution is 2.27. The van der Waals surface area contributed by atoms with E-state index >= 15 is 0 Å². The van der Waals surface area contributed by atoms with Crippen LogP contribution in [0, 0.1) is 6.92 Å². The van der Waals surface area contributed by atoms with Crippen LogP contribution in [0.5, 0.6) is 0 Å². The van der Waals surface area contributed by atoms with E-state index in [9.17, 15) is 5.11 Å². The maximum atomic E-state index is 9.30. The average Bonchev–Trinajstić information content (AvgIpc) is 3.30. The van der Waals surface area contributed by atoms with Crippen molar-refractivity contribution in [3.8, 4) is 0 Å². The fourth-order valence-electron chi connectivity index (χ4n) is 2.38. The van der Waals surface area contributed by atoms with Crippen molar-refractivity contribution < 1.29 is 9.52 Å². The molecule has 0 aliphatic carbocycles. The van der Waals surface area contributed by atoms with E-state index in [1.807, 2.05) is 12.3 Å². The van der Waals surface area contributed by atoms with Crippen LogP contribution >= 0.6 is 22.9 Å². The van der Waals surface area contributed by atoms with Gasteiger partial charge in [-0.05, 0) is 13.3 Å². The SMILES string of the molecule is Cc1csc(N2CCC(O)C2)n1.ClC1(c2cocn2)C=NC=NC1. The molecule has 4 rings (SSSR count). The average molecular weight is 368 g/mol. The van der Waals surface area contributed by atoms with Crippen LogP contribution in [0.25, 0.3) is 0 Å². The lowest BCUT2D eigenvalue weighted by molar-refractivity contribution is 0.198. The molecule has 0 bridgehead atoms. The molecule has 7 nitrogen and oxygen atoms in total. The maximum Gasteiger partial charge on any atom is 0.185 e. The molecule has 1 fully saturated rings. The number of aliphatic imine (C=N–C) groups is 2. The number of hydrogen-bond acceptors (Lipinski definition) is 8. The Morgan fingerprint density at radius 3 is 2.92 bits per heavy atom. The summed E-state index contributed by atoms with van der Waals surface area (Å²) in [6.07, 6.45) is 6.64. The number of alkyl halides is 1. The molecular formula is C15H18ClN5O2S. The lowest BCUT2D eigenvalue weighted by Gasteiger charge is -2.18. The zero-order chi connectivity index (χ0) is 17.0. The number of nitrogens with zero attached hydrogens (tertiary/aromatic N) is 5. The molecule has 0 spiro atoms. The van der Waals surface area contributed by atoms with E-state index in [1.165, 1.54) is 19.0 Å².